The van der Waals surface area contributed by atoms with Gasteiger partial charge in [0.15, 0.2) is 5.16 Å². The molecule has 7 rings (SSSR count). The van der Waals surface area contributed by atoms with Gasteiger partial charge in [-0.05, 0) is 154 Å². The Balaban J connectivity index is 0.000000333. The van der Waals surface area contributed by atoms with Crippen molar-refractivity contribution in [2.75, 3.05) is 5.75 Å². The maximum Gasteiger partial charge on any atom is 0.329 e. The molecule has 0 bridgehead atoms. The van der Waals surface area contributed by atoms with Crippen LogP contribution in [-0.4, -0.2) is 61.2 Å². The molecule has 0 amide bonds. The van der Waals surface area contributed by atoms with Gasteiger partial charge in [0.2, 0.25) is 0 Å². The summed E-state index contributed by atoms with van der Waals surface area (Å²) in [6, 6.07) is 20.6. The van der Waals surface area contributed by atoms with Gasteiger partial charge < -0.3 is 35.0 Å². The highest BCUT2D eigenvalue weighted by Crippen LogP contribution is 2.47. The molecule has 0 radical (unpaired) electrons. The molecule has 2 aromatic heterocycles. The van der Waals surface area contributed by atoms with Gasteiger partial charge in [0.25, 0.3) is 0 Å². The lowest BCUT2D eigenvalue weighted by Gasteiger charge is -2.28. The van der Waals surface area contributed by atoms with Crippen LogP contribution in [0, 0.1) is 0 Å². The predicted octanol–water partition coefficient (Wildman–Crippen LogP) is 23.6. The fraction of sp³-hybridized carbons (Fsp3) is 0.600. The first-order valence-electron chi connectivity index (χ1n) is 38.2. The summed E-state index contributed by atoms with van der Waals surface area (Å²) in [5.41, 5.74) is 9.83. The van der Waals surface area contributed by atoms with Crippen LogP contribution in [0.3, 0.4) is 0 Å². The summed E-state index contributed by atoms with van der Waals surface area (Å²) in [6.07, 6.45) is 11.4. The molecule has 5 aromatic carbocycles. The Hall–Kier alpha value is -6.93. The predicted molar refractivity (Wildman–Crippen MR) is 434 cm³/mol. The summed E-state index contributed by atoms with van der Waals surface area (Å²) in [7, 11) is 0. The Labute approximate surface area is 632 Å². The van der Waals surface area contributed by atoms with Gasteiger partial charge in [0, 0.05) is 47.3 Å². The number of aromatic nitrogens is 6. The number of rotatable bonds is 21. The second-order valence-corrected chi connectivity index (χ2v) is 40.5. The van der Waals surface area contributed by atoms with Crippen molar-refractivity contribution >= 4 is 11.8 Å². The zero-order valence-corrected chi connectivity index (χ0v) is 70.9. The summed E-state index contributed by atoms with van der Waals surface area (Å²) in [5, 5.41) is 57.1. The zero-order chi connectivity index (χ0) is 78.6. The van der Waals surface area contributed by atoms with Gasteiger partial charge >= 0.3 is 12.0 Å². The van der Waals surface area contributed by atoms with Gasteiger partial charge in [0.1, 0.15) is 57.7 Å². The lowest BCUT2D eigenvalue weighted by molar-refractivity contribution is 0.376. The topological polar surface area (TPSA) is 197 Å². The number of phenolic OH excluding ortho intramolecular Hbond substituents is 5. The van der Waals surface area contributed by atoms with Gasteiger partial charge in [-0.1, -0.05) is 295 Å². The van der Waals surface area contributed by atoms with Crippen LogP contribution in [-0.2, 0) is 92.7 Å². The summed E-state index contributed by atoms with van der Waals surface area (Å²) >= 11 is 1.57. The van der Waals surface area contributed by atoms with Crippen LogP contribution in [0.15, 0.2) is 65.8 Å². The number of nitrogens with zero attached hydrogens (tertiary/aromatic N) is 6. The maximum atomic E-state index is 11.4. The van der Waals surface area contributed by atoms with Crippen LogP contribution in [0.1, 0.15) is 343 Å². The van der Waals surface area contributed by atoms with Gasteiger partial charge in [-0.3, -0.25) is 0 Å². The molecule has 0 saturated carbocycles. The van der Waals surface area contributed by atoms with E-state index in [-0.39, 0.29) is 77.7 Å². The fourth-order valence-electron chi connectivity index (χ4n) is 12.9. The summed E-state index contributed by atoms with van der Waals surface area (Å²) in [4.78, 5) is 29.3. The molecule has 0 aliphatic rings. The minimum absolute atomic E-state index is 0.122. The Kier molecular flexibility index (Phi) is 27.0. The highest BCUT2D eigenvalue weighted by Gasteiger charge is 2.33. The van der Waals surface area contributed by atoms with E-state index in [0.717, 1.165) is 121 Å². The molecular weight excluding hydrogens is 1310 g/mol. The largest absolute Gasteiger partial charge is 0.507 e. The normalized spacial score (nSPS) is 13.1. The molecule has 572 valence electrons. The van der Waals surface area contributed by atoms with E-state index in [2.05, 4.69) is 266 Å². The van der Waals surface area contributed by atoms with E-state index in [0.29, 0.717) is 53.2 Å². The number of thioether (sulfide) groups is 1. The fourth-order valence-corrected chi connectivity index (χ4v) is 13.7. The van der Waals surface area contributed by atoms with Crippen LogP contribution in [0.5, 0.6) is 52.3 Å². The third-order valence-corrected chi connectivity index (χ3v) is 20.1. The molecule has 0 spiro atoms. The minimum atomic E-state index is -0.316. The quantitative estimate of drug-likeness (QED) is 0.0336. The maximum absolute atomic E-state index is 11.4. The van der Waals surface area contributed by atoms with Crippen LogP contribution >= 0.6 is 11.8 Å². The first kappa shape index (κ1) is 86.0. The van der Waals surface area contributed by atoms with Crippen molar-refractivity contribution < 1.29 is 35.0 Å². The van der Waals surface area contributed by atoms with E-state index >= 15 is 0 Å². The standard InChI is InChI=1S/C51H75N3O3.C39H59N3O4S/c1-46(2,3)34-25-31(26-35(43(34)55)47(4,5)6)19-22-40-52-41(23-20-32-27-36(48(7,8)9)44(56)37(28-32)49(10,11)12)54-42(53-40)24-21-33-29-38(50(13,14)15)45(57)39(30-33)51(16,17)18;1-14-15-16-17-18-19-20-47-35-41-33(45-25-21-27(36(2,3)4)31(43)28(22-25)37(5,6)7)40-34(42-35)46-26-23-29(38(8,9)10)32(44)30(24-26)39(11,12)13/h25-30,55-57H,19-24H2,1-18H3;21-24,43-44H,14-20H2,1-13H3. The SMILES string of the molecule is CC(C)(C)c1cc(CCc2nc(CCc3cc(C(C)(C)C)c(O)c(C(C)(C)C)c3)nc(CCc3cc(C(C)(C)C)c(O)c(C(C)(C)C)c3)n2)cc(C(C)(C)C)c1O.CCCCCCCCSc1nc(Oc2cc(C(C)(C)C)c(O)c(C(C)(C)C)c2)nc(Oc2cc(C(C)(C)C)c(O)c(C(C)(C)C)c2)n1. The lowest BCUT2D eigenvalue weighted by Crippen LogP contribution is -2.18. The molecule has 14 heteroatoms. The molecule has 0 atom stereocenters. The van der Waals surface area contributed by atoms with Crippen molar-refractivity contribution in [3.05, 3.63) is 150 Å². The number of benzene rings is 5. The summed E-state index contributed by atoms with van der Waals surface area (Å²) < 4.78 is 12.7. The average Bonchev–Trinajstić information content (AvgIpc) is 0.801. The molecule has 5 N–H and O–H groups in total. The molecule has 0 aliphatic carbocycles. The minimum Gasteiger partial charge on any atom is -0.507 e. The number of aromatic hydroxyl groups is 5. The third kappa shape index (κ3) is 23.5. The number of aryl methyl sites for hydroxylation is 6. The van der Waals surface area contributed by atoms with Crippen LogP contribution in [0.4, 0.5) is 0 Å². The molecule has 13 nitrogen and oxygen atoms in total. The van der Waals surface area contributed by atoms with E-state index < -0.39 is 0 Å². The molecular formula is C90H134N6O7S. The van der Waals surface area contributed by atoms with Crippen LogP contribution in [0.25, 0.3) is 0 Å². The summed E-state index contributed by atoms with van der Waals surface area (Å²) in [6.45, 7) is 65.7. The van der Waals surface area contributed by atoms with Crippen molar-refractivity contribution in [2.45, 2.75) is 351 Å². The van der Waals surface area contributed by atoms with E-state index in [1.807, 2.05) is 24.3 Å². The van der Waals surface area contributed by atoms with Crippen molar-refractivity contribution in [3.63, 3.8) is 0 Å². The average molecular weight is 1440 g/mol. The Bertz CT molecular complexity index is 3570. The van der Waals surface area contributed by atoms with Gasteiger partial charge in [-0.2, -0.15) is 9.97 Å². The van der Waals surface area contributed by atoms with E-state index in [9.17, 15) is 25.5 Å². The molecule has 104 heavy (non-hydrogen) atoms. The number of unbranched alkanes of at least 4 members (excludes halogenated alkanes) is 5. The van der Waals surface area contributed by atoms with E-state index in [4.69, 9.17) is 24.4 Å². The second kappa shape index (κ2) is 32.7. The van der Waals surface area contributed by atoms with Gasteiger partial charge in [-0.25, -0.2) is 15.0 Å². The molecule has 0 fully saturated rings. The second-order valence-electron chi connectivity index (χ2n) is 39.4. The zero-order valence-electron chi connectivity index (χ0n) is 70.1. The van der Waals surface area contributed by atoms with E-state index in [1.54, 1.807) is 11.8 Å². The van der Waals surface area contributed by atoms with Crippen molar-refractivity contribution in [1.82, 2.24) is 29.9 Å². The van der Waals surface area contributed by atoms with Crippen molar-refractivity contribution in [3.8, 4) is 52.3 Å². The van der Waals surface area contributed by atoms with Crippen LogP contribution < -0.4 is 9.47 Å². The molecule has 0 saturated heterocycles. The van der Waals surface area contributed by atoms with Crippen LogP contribution in [0.2, 0.25) is 0 Å². The number of ether oxygens (including phenoxy) is 2. The molecule has 7 aromatic rings. The number of phenols is 5. The molecule has 0 unspecified atom stereocenters. The van der Waals surface area contributed by atoms with Gasteiger partial charge in [0.05, 0.1) is 0 Å². The Morgan fingerprint density at radius 3 is 0.702 bits per heavy atom. The lowest BCUT2D eigenvalue weighted by atomic mass is 9.78. The Morgan fingerprint density at radius 2 is 0.481 bits per heavy atom. The molecule has 2 heterocycles. The Morgan fingerprint density at radius 1 is 0.269 bits per heavy atom. The van der Waals surface area contributed by atoms with Crippen molar-refractivity contribution in [1.29, 1.82) is 0 Å². The first-order chi connectivity index (χ1) is 47.4. The first-order valence-corrected chi connectivity index (χ1v) is 39.2. The highest BCUT2D eigenvalue weighted by atomic mass is 32.2. The summed E-state index contributed by atoms with van der Waals surface area (Å²) in [5.74, 6) is 5.99. The third-order valence-electron chi connectivity index (χ3n) is 19.2. The molecule has 0 aliphatic heterocycles. The van der Waals surface area contributed by atoms with Gasteiger partial charge in [-0.15, -0.1) is 4.98 Å². The van der Waals surface area contributed by atoms with Crippen molar-refractivity contribution in [2.24, 2.45) is 0 Å². The smallest absolute Gasteiger partial charge is 0.329 e. The van der Waals surface area contributed by atoms with E-state index in [1.165, 1.54) is 32.1 Å². The highest BCUT2D eigenvalue weighted by molar-refractivity contribution is 7.99. The monoisotopic (exact) mass is 1440 g/mol. The number of hydrogen-bond acceptors (Lipinski definition) is 14. The number of hydrogen-bond donors (Lipinski definition) is 5.